The molecule has 0 spiro atoms. The lowest BCUT2D eigenvalue weighted by Crippen LogP contribution is -2.43. The van der Waals surface area contributed by atoms with Gasteiger partial charge in [0, 0.05) is 11.4 Å². The van der Waals surface area contributed by atoms with Gasteiger partial charge in [0.1, 0.15) is 5.82 Å². The van der Waals surface area contributed by atoms with Crippen LogP contribution in [-0.2, 0) is 9.59 Å². The highest BCUT2D eigenvalue weighted by molar-refractivity contribution is 5.96. The summed E-state index contributed by atoms with van der Waals surface area (Å²) in [5, 5.41) is 14.1. The lowest BCUT2D eigenvalue weighted by molar-refractivity contribution is -0.122. The van der Waals surface area contributed by atoms with E-state index in [-0.39, 0.29) is 18.4 Å². The van der Waals surface area contributed by atoms with Crippen LogP contribution in [0.1, 0.15) is 12.5 Å². The number of amides is 2. The third-order valence-corrected chi connectivity index (χ3v) is 3.82. The van der Waals surface area contributed by atoms with Crippen molar-refractivity contribution in [1.82, 2.24) is 4.90 Å². The van der Waals surface area contributed by atoms with E-state index in [1.54, 1.807) is 49.2 Å². The van der Waals surface area contributed by atoms with E-state index in [9.17, 15) is 14.0 Å². The van der Waals surface area contributed by atoms with Crippen molar-refractivity contribution in [2.45, 2.75) is 13.0 Å². The van der Waals surface area contributed by atoms with Gasteiger partial charge in [0.05, 0.1) is 24.2 Å². The number of hydrogen-bond acceptors (Lipinski definition) is 4. The van der Waals surface area contributed by atoms with Crippen LogP contribution in [0, 0.1) is 17.1 Å². The molecule has 6 nitrogen and oxygen atoms in total. The summed E-state index contributed by atoms with van der Waals surface area (Å²) in [6.07, 6.45) is 0. The lowest BCUT2D eigenvalue weighted by atomic mass is 10.2. The van der Waals surface area contributed by atoms with Gasteiger partial charge in [-0.15, -0.1) is 0 Å². The number of rotatable bonds is 6. The fraction of sp³-hybridized carbons (Fsp3) is 0.211. The number of carbonyl (C=O) groups is 2. The molecule has 0 aliphatic heterocycles. The maximum atomic E-state index is 13.1. The van der Waals surface area contributed by atoms with Gasteiger partial charge in [-0.2, -0.15) is 5.26 Å². The number of nitrogens with zero attached hydrogens (tertiary/aromatic N) is 2. The molecule has 0 aromatic heterocycles. The fourth-order valence-electron chi connectivity index (χ4n) is 2.21. The van der Waals surface area contributed by atoms with Crippen LogP contribution in [-0.4, -0.2) is 36.3 Å². The number of benzene rings is 2. The van der Waals surface area contributed by atoms with E-state index in [4.69, 9.17) is 5.26 Å². The largest absolute Gasteiger partial charge is 0.325 e. The number of hydrogen-bond donors (Lipinski definition) is 2. The van der Waals surface area contributed by atoms with Crippen LogP contribution in [0.5, 0.6) is 0 Å². The first kappa shape index (κ1) is 19.1. The summed E-state index contributed by atoms with van der Waals surface area (Å²) in [7, 11) is 1.65. The molecule has 0 fully saturated rings. The fourth-order valence-corrected chi connectivity index (χ4v) is 2.21. The Balaban J connectivity index is 1.88. The molecule has 0 unspecified atom stereocenters. The van der Waals surface area contributed by atoms with Crippen molar-refractivity contribution in [3.8, 4) is 6.07 Å². The van der Waals surface area contributed by atoms with Crippen LogP contribution in [0.15, 0.2) is 48.5 Å². The summed E-state index contributed by atoms with van der Waals surface area (Å²) in [5.41, 5.74) is 1.43. The van der Waals surface area contributed by atoms with Gasteiger partial charge in [0.15, 0.2) is 0 Å². The van der Waals surface area contributed by atoms with E-state index < -0.39 is 11.9 Å². The van der Waals surface area contributed by atoms with Gasteiger partial charge in [-0.05, 0) is 56.4 Å². The number of likely N-dealkylation sites (N-methyl/N-ethyl adjacent to an activating group) is 1. The van der Waals surface area contributed by atoms with Crippen molar-refractivity contribution in [2.24, 2.45) is 0 Å². The molecule has 0 aliphatic rings. The normalized spacial score (nSPS) is 11.5. The molecule has 2 aromatic rings. The smallest absolute Gasteiger partial charge is 0.241 e. The van der Waals surface area contributed by atoms with E-state index in [2.05, 4.69) is 10.6 Å². The van der Waals surface area contributed by atoms with E-state index in [0.29, 0.717) is 16.9 Å². The average Bonchev–Trinajstić information content (AvgIpc) is 2.61. The molecule has 0 radical (unpaired) electrons. The van der Waals surface area contributed by atoms with Crippen molar-refractivity contribution in [3.63, 3.8) is 0 Å². The zero-order chi connectivity index (χ0) is 19.1. The maximum absolute atomic E-state index is 13.1. The van der Waals surface area contributed by atoms with Crippen LogP contribution in [0.25, 0.3) is 0 Å². The zero-order valence-corrected chi connectivity index (χ0v) is 14.5. The standard InChI is InChI=1S/C19H19FN4O2/c1-13(19(26)23-16-8-6-14(11-21)7-9-16)24(2)12-18(25)22-17-5-3-4-15(20)10-17/h3-10,13H,12H2,1-2H3,(H,22,25)(H,23,26)/t13-/m0/s1. The molecule has 2 N–H and O–H groups in total. The molecule has 2 aromatic carbocycles. The molecule has 0 saturated heterocycles. The summed E-state index contributed by atoms with van der Waals surface area (Å²) in [6, 6.07) is 13.5. The lowest BCUT2D eigenvalue weighted by Gasteiger charge is -2.23. The Hall–Kier alpha value is -3.24. The van der Waals surface area contributed by atoms with E-state index in [1.165, 1.54) is 18.2 Å². The summed E-state index contributed by atoms with van der Waals surface area (Å²) in [6.45, 7) is 1.65. The Kier molecular flexibility index (Phi) is 6.42. The molecule has 26 heavy (non-hydrogen) atoms. The topological polar surface area (TPSA) is 85.2 Å². The number of nitrogens with one attached hydrogen (secondary N) is 2. The molecular formula is C19H19FN4O2. The molecular weight excluding hydrogens is 335 g/mol. The minimum atomic E-state index is -0.566. The second-order valence-electron chi connectivity index (χ2n) is 5.83. The SMILES string of the molecule is C[C@@H](C(=O)Nc1ccc(C#N)cc1)N(C)CC(=O)Nc1cccc(F)c1. The predicted octanol–water partition coefficient (Wildman–Crippen LogP) is 2.59. The quantitative estimate of drug-likeness (QED) is 0.835. The molecule has 2 rings (SSSR count). The number of carbonyl (C=O) groups excluding carboxylic acids is 2. The van der Waals surface area contributed by atoms with E-state index in [1.807, 2.05) is 6.07 Å². The third kappa shape index (κ3) is 5.40. The van der Waals surface area contributed by atoms with Gasteiger partial charge in [0.2, 0.25) is 11.8 Å². The summed E-state index contributed by atoms with van der Waals surface area (Å²) >= 11 is 0. The second kappa shape index (κ2) is 8.74. The van der Waals surface area contributed by atoms with Gasteiger partial charge in [-0.3, -0.25) is 14.5 Å². The Morgan fingerprint density at radius 3 is 2.46 bits per heavy atom. The highest BCUT2D eigenvalue weighted by Gasteiger charge is 2.20. The van der Waals surface area contributed by atoms with Crippen LogP contribution in [0.2, 0.25) is 0 Å². The van der Waals surface area contributed by atoms with Gasteiger partial charge in [-0.25, -0.2) is 4.39 Å². The van der Waals surface area contributed by atoms with Crippen molar-refractivity contribution >= 4 is 23.2 Å². The predicted molar refractivity (Wildman–Crippen MR) is 96.9 cm³/mol. The Morgan fingerprint density at radius 2 is 1.85 bits per heavy atom. The Bertz CT molecular complexity index is 830. The molecule has 1 atom stereocenters. The molecule has 0 aliphatic carbocycles. The zero-order valence-electron chi connectivity index (χ0n) is 14.5. The number of anilines is 2. The number of halogens is 1. The first-order chi connectivity index (χ1) is 12.4. The van der Waals surface area contributed by atoms with Gasteiger partial charge >= 0.3 is 0 Å². The molecule has 0 saturated carbocycles. The van der Waals surface area contributed by atoms with Crippen LogP contribution < -0.4 is 10.6 Å². The average molecular weight is 354 g/mol. The minimum absolute atomic E-state index is 0.0293. The first-order valence-corrected chi connectivity index (χ1v) is 7.95. The molecule has 0 heterocycles. The van der Waals surface area contributed by atoms with Crippen molar-refractivity contribution < 1.29 is 14.0 Å². The van der Waals surface area contributed by atoms with Gasteiger partial charge in [0.25, 0.3) is 0 Å². The first-order valence-electron chi connectivity index (χ1n) is 7.95. The highest BCUT2D eigenvalue weighted by Crippen LogP contribution is 2.11. The summed E-state index contributed by atoms with van der Waals surface area (Å²) in [5.74, 6) is -1.07. The monoisotopic (exact) mass is 354 g/mol. The summed E-state index contributed by atoms with van der Waals surface area (Å²) < 4.78 is 13.1. The Morgan fingerprint density at radius 1 is 1.15 bits per heavy atom. The summed E-state index contributed by atoms with van der Waals surface area (Å²) in [4.78, 5) is 25.9. The van der Waals surface area contributed by atoms with Crippen molar-refractivity contribution in [2.75, 3.05) is 24.2 Å². The molecule has 0 bridgehead atoms. The van der Waals surface area contributed by atoms with Gasteiger partial charge < -0.3 is 10.6 Å². The molecule has 2 amide bonds. The highest BCUT2D eigenvalue weighted by atomic mass is 19.1. The van der Waals surface area contributed by atoms with Crippen LogP contribution in [0.3, 0.4) is 0 Å². The van der Waals surface area contributed by atoms with Crippen LogP contribution in [0.4, 0.5) is 15.8 Å². The Labute approximate surface area is 151 Å². The molecule has 134 valence electrons. The number of nitriles is 1. The third-order valence-electron chi connectivity index (χ3n) is 3.82. The molecule has 7 heteroatoms. The van der Waals surface area contributed by atoms with Gasteiger partial charge in [-0.1, -0.05) is 6.07 Å². The van der Waals surface area contributed by atoms with Crippen LogP contribution >= 0.6 is 0 Å². The maximum Gasteiger partial charge on any atom is 0.241 e. The van der Waals surface area contributed by atoms with Crippen molar-refractivity contribution in [3.05, 3.63) is 59.9 Å². The second-order valence-corrected chi connectivity index (χ2v) is 5.83. The minimum Gasteiger partial charge on any atom is -0.325 e. The van der Waals surface area contributed by atoms with E-state index in [0.717, 1.165) is 0 Å². The van der Waals surface area contributed by atoms with E-state index >= 15 is 0 Å². The van der Waals surface area contributed by atoms with Crippen molar-refractivity contribution in [1.29, 1.82) is 5.26 Å².